The number of aromatic nitrogens is 1. The van der Waals surface area contributed by atoms with Crippen molar-refractivity contribution in [1.82, 2.24) is 4.98 Å². The fourth-order valence-corrected chi connectivity index (χ4v) is 3.10. The molecule has 1 unspecified atom stereocenters. The molecule has 0 radical (unpaired) electrons. The van der Waals surface area contributed by atoms with Crippen LogP contribution >= 0.6 is 7.60 Å². The second-order valence-corrected chi connectivity index (χ2v) is 5.50. The van der Waals surface area contributed by atoms with Gasteiger partial charge in [0.05, 0.1) is 25.1 Å². The summed E-state index contributed by atoms with van der Waals surface area (Å²) < 4.78 is 22.4. The SMILES string of the molecule is CCOP(=O)(CC(O)c1ccccn1)OCC. The lowest BCUT2D eigenvalue weighted by molar-refractivity contribution is 0.167. The minimum absolute atomic E-state index is 0.0777. The predicted molar refractivity (Wildman–Crippen MR) is 64.9 cm³/mol. The molecule has 5 nitrogen and oxygen atoms in total. The number of hydrogen-bond acceptors (Lipinski definition) is 5. The Morgan fingerprint density at radius 2 is 2.00 bits per heavy atom. The number of hydrogen-bond donors (Lipinski definition) is 1. The third kappa shape index (κ3) is 4.56. The first-order chi connectivity index (χ1) is 8.11. The van der Waals surface area contributed by atoms with Gasteiger partial charge in [-0.25, -0.2) is 0 Å². The van der Waals surface area contributed by atoms with Gasteiger partial charge >= 0.3 is 7.60 Å². The average molecular weight is 259 g/mol. The van der Waals surface area contributed by atoms with Gasteiger partial charge in [0.2, 0.25) is 0 Å². The van der Waals surface area contributed by atoms with Gasteiger partial charge in [-0.05, 0) is 26.0 Å². The molecule has 17 heavy (non-hydrogen) atoms. The van der Waals surface area contributed by atoms with Crippen molar-refractivity contribution < 1.29 is 18.7 Å². The van der Waals surface area contributed by atoms with Crippen LogP contribution in [0, 0.1) is 0 Å². The van der Waals surface area contributed by atoms with E-state index in [-0.39, 0.29) is 19.4 Å². The lowest BCUT2D eigenvalue weighted by Gasteiger charge is -2.19. The van der Waals surface area contributed by atoms with Gasteiger partial charge in [-0.1, -0.05) is 6.07 Å². The molecule has 0 aliphatic rings. The van der Waals surface area contributed by atoms with Crippen molar-refractivity contribution in [2.24, 2.45) is 0 Å². The second kappa shape index (κ2) is 6.87. The number of aliphatic hydroxyl groups excluding tert-OH is 1. The van der Waals surface area contributed by atoms with E-state index in [0.29, 0.717) is 5.69 Å². The Balaban J connectivity index is 2.71. The fraction of sp³-hybridized carbons (Fsp3) is 0.545. The molecular weight excluding hydrogens is 241 g/mol. The Morgan fingerprint density at radius 3 is 2.47 bits per heavy atom. The summed E-state index contributed by atoms with van der Waals surface area (Å²) in [5, 5.41) is 9.91. The normalized spacial score (nSPS) is 13.6. The molecule has 0 aliphatic carbocycles. The van der Waals surface area contributed by atoms with E-state index in [9.17, 15) is 9.67 Å². The van der Waals surface area contributed by atoms with Crippen LogP contribution in [0.2, 0.25) is 0 Å². The van der Waals surface area contributed by atoms with Crippen LogP contribution in [-0.4, -0.2) is 29.5 Å². The van der Waals surface area contributed by atoms with Crippen molar-refractivity contribution in [2.45, 2.75) is 20.0 Å². The lowest BCUT2D eigenvalue weighted by atomic mass is 10.2. The van der Waals surface area contributed by atoms with Crippen LogP contribution < -0.4 is 0 Å². The first-order valence-electron chi connectivity index (χ1n) is 5.58. The van der Waals surface area contributed by atoms with Crippen LogP contribution in [0.3, 0.4) is 0 Å². The number of rotatable bonds is 7. The zero-order chi connectivity index (χ0) is 12.7. The quantitative estimate of drug-likeness (QED) is 0.761. The minimum Gasteiger partial charge on any atom is -0.386 e. The van der Waals surface area contributed by atoms with E-state index in [2.05, 4.69) is 4.98 Å². The third-order valence-corrected chi connectivity index (χ3v) is 4.17. The molecule has 0 aliphatic heterocycles. The van der Waals surface area contributed by atoms with E-state index in [1.54, 1.807) is 38.2 Å². The molecule has 0 fully saturated rings. The zero-order valence-electron chi connectivity index (χ0n) is 10.1. The molecule has 1 aromatic rings. The number of nitrogens with zero attached hydrogens (tertiary/aromatic N) is 1. The summed E-state index contributed by atoms with van der Waals surface area (Å²) in [4.78, 5) is 4.00. The summed E-state index contributed by atoms with van der Waals surface area (Å²) >= 11 is 0. The van der Waals surface area contributed by atoms with E-state index in [4.69, 9.17) is 9.05 Å². The third-order valence-electron chi connectivity index (χ3n) is 2.08. The maximum atomic E-state index is 12.2. The van der Waals surface area contributed by atoms with Gasteiger partial charge in [0, 0.05) is 6.20 Å². The zero-order valence-corrected chi connectivity index (χ0v) is 11.0. The summed E-state index contributed by atoms with van der Waals surface area (Å²) in [5.41, 5.74) is 0.465. The Hall–Kier alpha value is -0.740. The van der Waals surface area contributed by atoms with Crippen molar-refractivity contribution in [3.8, 4) is 0 Å². The molecular formula is C11H18NO4P. The van der Waals surface area contributed by atoms with Gasteiger partial charge in [-0.3, -0.25) is 9.55 Å². The Kier molecular flexibility index (Phi) is 5.78. The minimum atomic E-state index is -3.23. The lowest BCUT2D eigenvalue weighted by Crippen LogP contribution is -2.09. The second-order valence-electron chi connectivity index (χ2n) is 3.40. The van der Waals surface area contributed by atoms with Crippen LogP contribution in [0.4, 0.5) is 0 Å². The van der Waals surface area contributed by atoms with E-state index >= 15 is 0 Å². The Morgan fingerprint density at radius 1 is 1.35 bits per heavy atom. The highest BCUT2D eigenvalue weighted by atomic mass is 31.2. The van der Waals surface area contributed by atoms with E-state index in [0.717, 1.165) is 0 Å². The highest BCUT2D eigenvalue weighted by Crippen LogP contribution is 2.50. The summed E-state index contributed by atoms with van der Waals surface area (Å²) in [5.74, 6) is 0. The summed E-state index contributed by atoms with van der Waals surface area (Å²) in [6, 6.07) is 5.19. The van der Waals surface area contributed by atoms with Crippen LogP contribution in [0.15, 0.2) is 24.4 Å². The predicted octanol–water partition coefficient (Wildman–Crippen LogP) is 2.38. The molecule has 1 N–H and O–H groups in total. The van der Waals surface area contributed by atoms with Crippen LogP contribution in [0.1, 0.15) is 25.6 Å². The largest absolute Gasteiger partial charge is 0.386 e. The van der Waals surface area contributed by atoms with Crippen LogP contribution in [-0.2, 0) is 13.6 Å². The van der Waals surface area contributed by atoms with Crippen molar-refractivity contribution in [1.29, 1.82) is 0 Å². The maximum Gasteiger partial charge on any atom is 0.333 e. The number of pyridine rings is 1. The molecule has 0 amide bonds. The molecule has 96 valence electrons. The molecule has 0 spiro atoms. The van der Waals surface area contributed by atoms with E-state index < -0.39 is 13.7 Å². The summed E-state index contributed by atoms with van der Waals surface area (Å²) in [6.45, 7) is 4.04. The molecule has 0 aromatic carbocycles. The standard InChI is InChI=1S/C11H18NO4P/c1-3-15-17(14,16-4-2)9-11(13)10-7-5-6-8-12-10/h5-8,11,13H,3-4,9H2,1-2H3. The topological polar surface area (TPSA) is 68.7 Å². The van der Waals surface area contributed by atoms with Crippen LogP contribution in [0.25, 0.3) is 0 Å². The monoisotopic (exact) mass is 259 g/mol. The van der Waals surface area contributed by atoms with Crippen molar-refractivity contribution >= 4 is 7.60 Å². The van der Waals surface area contributed by atoms with Gasteiger partial charge in [0.1, 0.15) is 6.10 Å². The molecule has 1 aromatic heterocycles. The molecule has 1 heterocycles. The van der Waals surface area contributed by atoms with Gasteiger partial charge in [0.25, 0.3) is 0 Å². The molecule has 1 rings (SSSR count). The Bertz CT molecular complexity index is 361. The van der Waals surface area contributed by atoms with Crippen LogP contribution in [0.5, 0.6) is 0 Å². The van der Waals surface area contributed by atoms with Gasteiger partial charge in [-0.2, -0.15) is 0 Å². The summed E-state index contributed by atoms with van der Waals surface area (Å²) in [6.07, 6.45) is 0.552. The smallest absolute Gasteiger partial charge is 0.333 e. The van der Waals surface area contributed by atoms with Crippen molar-refractivity contribution in [3.63, 3.8) is 0 Å². The Labute approximate surface area is 101 Å². The molecule has 0 saturated heterocycles. The van der Waals surface area contributed by atoms with E-state index in [1.165, 1.54) is 0 Å². The van der Waals surface area contributed by atoms with Gasteiger partial charge in [0.15, 0.2) is 0 Å². The molecule has 0 saturated carbocycles. The van der Waals surface area contributed by atoms with Gasteiger partial charge in [-0.15, -0.1) is 0 Å². The first-order valence-corrected chi connectivity index (χ1v) is 7.31. The maximum absolute atomic E-state index is 12.2. The van der Waals surface area contributed by atoms with E-state index in [1.807, 2.05) is 0 Å². The molecule has 0 bridgehead atoms. The molecule has 6 heteroatoms. The fourth-order valence-electron chi connectivity index (χ4n) is 1.41. The average Bonchev–Trinajstić information content (AvgIpc) is 2.30. The highest BCUT2D eigenvalue weighted by molar-refractivity contribution is 7.53. The summed E-state index contributed by atoms with van der Waals surface area (Å²) in [7, 11) is -3.23. The van der Waals surface area contributed by atoms with Gasteiger partial charge < -0.3 is 14.2 Å². The van der Waals surface area contributed by atoms with Crippen molar-refractivity contribution in [3.05, 3.63) is 30.1 Å². The number of aliphatic hydroxyl groups is 1. The van der Waals surface area contributed by atoms with Crippen molar-refractivity contribution in [2.75, 3.05) is 19.4 Å². The first kappa shape index (κ1) is 14.3. The molecule has 1 atom stereocenters. The highest BCUT2D eigenvalue weighted by Gasteiger charge is 2.28.